The normalized spacial score (nSPS) is 9.80. The number of pyridine rings is 1. The van der Waals surface area contributed by atoms with Crippen LogP contribution < -0.4 is 5.73 Å². The molecular weight excluding hydrogens is 254 g/mol. The van der Waals surface area contributed by atoms with Crippen LogP contribution in [0.2, 0.25) is 0 Å². The van der Waals surface area contributed by atoms with Gasteiger partial charge in [-0.2, -0.15) is 5.26 Å². The van der Waals surface area contributed by atoms with Gasteiger partial charge in [0.15, 0.2) is 0 Å². The van der Waals surface area contributed by atoms with Gasteiger partial charge in [0.2, 0.25) is 0 Å². The highest BCUT2D eigenvalue weighted by Crippen LogP contribution is 2.30. The second-order valence-corrected chi connectivity index (χ2v) is 4.01. The molecule has 5 nitrogen and oxygen atoms in total. The van der Waals surface area contributed by atoms with Gasteiger partial charge in [0.05, 0.1) is 12.2 Å². The number of nitrogens with two attached hydrogens (primary N) is 1. The highest BCUT2D eigenvalue weighted by atomic mass is 16.5. The summed E-state index contributed by atoms with van der Waals surface area (Å²) in [5.41, 5.74) is 7.33. The number of carbonyl (C=O) groups is 1. The first kappa shape index (κ1) is 13.6. The molecule has 2 N–H and O–H groups in total. The summed E-state index contributed by atoms with van der Waals surface area (Å²) >= 11 is 0. The number of rotatable bonds is 3. The minimum absolute atomic E-state index is 0.0967. The van der Waals surface area contributed by atoms with Crippen molar-refractivity contribution in [2.75, 3.05) is 12.3 Å². The van der Waals surface area contributed by atoms with Crippen LogP contribution in [0.25, 0.3) is 11.1 Å². The van der Waals surface area contributed by atoms with Gasteiger partial charge in [-0.25, -0.2) is 9.78 Å². The summed E-state index contributed by atoms with van der Waals surface area (Å²) < 4.78 is 5.00. The van der Waals surface area contributed by atoms with Gasteiger partial charge in [-0.1, -0.05) is 30.3 Å². The molecule has 0 saturated carbocycles. The van der Waals surface area contributed by atoms with Gasteiger partial charge in [0.25, 0.3) is 0 Å². The van der Waals surface area contributed by atoms with Crippen molar-refractivity contribution in [2.24, 2.45) is 0 Å². The van der Waals surface area contributed by atoms with Gasteiger partial charge in [0, 0.05) is 11.8 Å². The molecule has 1 aromatic heterocycles. The molecule has 0 atom stereocenters. The lowest BCUT2D eigenvalue weighted by molar-refractivity contribution is 0.0527. The van der Waals surface area contributed by atoms with Crippen LogP contribution in [0.15, 0.2) is 36.5 Å². The van der Waals surface area contributed by atoms with E-state index in [2.05, 4.69) is 4.98 Å². The highest BCUT2D eigenvalue weighted by Gasteiger charge is 2.20. The molecule has 0 aliphatic carbocycles. The van der Waals surface area contributed by atoms with Crippen LogP contribution in [0.3, 0.4) is 0 Å². The quantitative estimate of drug-likeness (QED) is 0.862. The molecule has 0 spiro atoms. The van der Waals surface area contributed by atoms with Crippen molar-refractivity contribution in [3.63, 3.8) is 0 Å². The van der Waals surface area contributed by atoms with Gasteiger partial charge >= 0.3 is 5.97 Å². The molecule has 0 amide bonds. The van der Waals surface area contributed by atoms with E-state index in [0.29, 0.717) is 5.56 Å². The fourth-order valence-electron chi connectivity index (χ4n) is 1.91. The van der Waals surface area contributed by atoms with E-state index in [1.165, 1.54) is 6.20 Å². The second kappa shape index (κ2) is 5.85. The maximum atomic E-state index is 12.0. The van der Waals surface area contributed by atoms with Crippen molar-refractivity contribution in [2.45, 2.75) is 6.92 Å². The van der Waals surface area contributed by atoms with E-state index >= 15 is 0 Å². The first-order chi connectivity index (χ1) is 9.69. The third kappa shape index (κ3) is 2.45. The van der Waals surface area contributed by atoms with Crippen molar-refractivity contribution in [1.82, 2.24) is 4.98 Å². The Morgan fingerprint density at radius 2 is 2.10 bits per heavy atom. The van der Waals surface area contributed by atoms with E-state index in [4.69, 9.17) is 10.5 Å². The Bertz CT molecular complexity index is 676. The molecule has 0 unspecified atom stereocenters. The molecule has 0 fully saturated rings. The average Bonchev–Trinajstić information content (AvgIpc) is 2.48. The molecule has 0 aliphatic heterocycles. The van der Waals surface area contributed by atoms with Crippen molar-refractivity contribution in [1.29, 1.82) is 5.26 Å². The fourth-order valence-corrected chi connectivity index (χ4v) is 1.91. The number of hydrogen-bond donors (Lipinski definition) is 1. The average molecular weight is 267 g/mol. The lowest BCUT2D eigenvalue weighted by atomic mass is 9.96. The topological polar surface area (TPSA) is 89.0 Å². The summed E-state index contributed by atoms with van der Waals surface area (Å²) in [6.45, 7) is 1.97. The number of nitrogen functional groups attached to an aromatic ring is 1. The van der Waals surface area contributed by atoms with Crippen LogP contribution >= 0.6 is 0 Å². The first-order valence-corrected chi connectivity index (χ1v) is 6.10. The fraction of sp³-hybridized carbons (Fsp3) is 0.133. The first-order valence-electron chi connectivity index (χ1n) is 6.10. The van der Waals surface area contributed by atoms with Crippen molar-refractivity contribution in [3.05, 3.63) is 47.7 Å². The Hall–Kier alpha value is -2.87. The lowest BCUT2D eigenvalue weighted by Crippen LogP contribution is -2.10. The number of ether oxygens (including phenoxy) is 1. The van der Waals surface area contributed by atoms with E-state index in [0.717, 1.165) is 5.56 Å². The Kier molecular flexibility index (Phi) is 3.96. The number of esters is 1. The van der Waals surface area contributed by atoms with Crippen LogP contribution in [0, 0.1) is 11.3 Å². The van der Waals surface area contributed by atoms with Crippen LogP contribution in [0.1, 0.15) is 22.8 Å². The zero-order valence-corrected chi connectivity index (χ0v) is 11.0. The molecule has 0 bridgehead atoms. The number of nitrogens with zero attached hydrogens (tertiary/aromatic N) is 2. The number of aromatic nitrogens is 1. The van der Waals surface area contributed by atoms with Crippen LogP contribution in [-0.4, -0.2) is 17.6 Å². The van der Waals surface area contributed by atoms with Gasteiger partial charge in [-0.15, -0.1) is 0 Å². The molecule has 2 rings (SSSR count). The number of anilines is 1. The maximum absolute atomic E-state index is 12.0. The number of benzene rings is 1. The Morgan fingerprint density at radius 3 is 2.70 bits per heavy atom. The molecule has 100 valence electrons. The van der Waals surface area contributed by atoms with Gasteiger partial charge in [-0.3, -0.25) is 0 Å². The minimum atomic E-state index is -0.518. The van der Waals surface area contributed by atoms with E-state index in [9.17, 15) is 10.1 Å². The molecule has 20 heavy (non-hydrogen) atoms. The van der Waals surface area contributed by atoms with E-state index < -0.39 is 5.97 Å². The minimum Gasteiger partial charge on any atom is -0.462 e. The van der Waals surface area contributed by atoms with Crippen molar-refractivity contribution >= 4 is 11.8 Å². The molecule has 0 aliphatic rings. The molecule has 1 aromatic carbocycles. The molecule has 0 saturated heterocycles. The smallest absolute Gasteiger partial charge is 0.340 e. The Balaban J connectivity index is 2.71. The van der Waals surface area contributed by atoms with Gasteiger partial charge in [-0.05, 0) is 12.5 Å². The third-order valence-electron chi connectivity index (χ3n) is 2.78. The van der Waals surface area contributed by atoms with E-state index in [-0.39, 0.29) is 23.6 Å². The second-order valence-electron chi connectivity index (χ2n) is 4.01. The van der Waals surface area contributed by atoms with Gasteiger partial charge in [0.1, 0.15) is 17.5 Å². The number of nitriles is 1. The van der Waals surface area contributed by atoms with Crippen LogP contribution in [0.5, 0.6) is 0 Å². The van der Waals surface area contributed by atoms with E-state index in [1.807, 2.05) is 24.3 Å². The van der Waals surface area contributed by atoms with Gasteiger partial charge < -0.3 is 10.5 Å². The standard InChI is InChI=1S/C15H13N3O2/c1-2-20-15(19)12-9-18-14(17)11(8-16)13(12)10-6-4-3-5-7-10/h3-7,9H,2H2,1H3,(H2,17,18). The summed E-state index contributed by atoms with van der Waals surface area (Å²) in [7, 11) is 0. The zero-order chi connectivity index (χ0) is 14.5. The summed E-state index contributed by atoms with van der Waals surface area (Å²) in [5, 5.41) is 9.27. The zero-order valence-electron chi connectivity index (χ0n) is 11.0. The monoisotopic (exact) mass is 267 g/mol. The Morgan fingerprint density at radius 1 is 1.40 bits per heavy atom. The van der Waals surface area contributed by atoms with Crippen molar-refractivity contribution in [3.8, 4) is 17.2 Å². The predicted molar refractivity (Wildman–Crippen MR) is 74.8 cm³/mol. The maximum Gasteiger partial charge on any atom is 0.340 e. The third-order valence-corrected chi connectivity index (χ3v) is 2.78. The largest absolute Gasteiger partial charge is 0.462 e. The van der Waals surface area contributed by atoms with E-state index in [1.54, 1.807) is 19.1 Å². The molecule has 5 heteroatoms. The summed E-state index contributed by atoms with van der Waals surface area (Å²) in [6, 6.07) is 11.1. The summed E-state index contributed by atoms with van der Waals surface area (Å²) in [4.78, 5) is 15.9. The summed E-state index contributed by atoms with van der Waals surface area (Å²) in [5.74, 6) is -0.422. The molecule has 0 radical (unpaired) electrons. The Labute approximate surface area is 116 Å². The summed E-state index contributed by atoms with van der Waals surface area (Å²) in [6.07, 6.45) is 1.34. The molecule has 1 heterocycles. The molecular formula is C15H13N3O2. The number of hydrogen-bond acceptors (Lipinski definition) is 5. The highest BCUT2D eigenvalue weighted by molar-refractivity contribution is 5.99. The molecule has 2 aromatic rings. The predicted octanol–water partition coefficient (Wildman–Crippen LogP) is 2.38. The SMILES string of the molecule is CCOC(=O)c1cnc(N)c(C#N)c1-c1ccccc1. The van der Waals surface area contributed by atoms with Crippen molar-refractivity contribution < 1.29 is 9.53 Å². The van der Waals surface area contributed by atoms with Crippen LogP contribution in [0.4, 0.5) is 5.82 Å². The lowest BCUT2D eigenvalue weighted by Gasteiger charge is -2.11. The number of carbonyl (C=O) groups excluding carboxylic acids is 1. The van der Waals surface area contributed by atoms with Crippen LogP contribution in [-0.2, 0) is 4.74 Å².